The quantitative estimate of drug-likeness (QED) is 0.397. The molecule has 4 rings (SSSR count). The third-order valence-corrected chi connectivity index (χ3v) is 7.25. The van der Waals surface area contributed by atoms with E-state index in [0.717, 1.165) is 16.8 Å². The number of sulfonamides is 1. The van der Waals surface area contributed by atoms with Crippen LogP contribution in [0.25, 0.3) is 16.9 Å². The molecule has 2 aromatic carbocycles. The monoisotopic (exact) mass is 448 g/mol. The maximum atomic E-state index is 13.0. The molecule has 0 bridgehead atoms. The topological polar surface area (TPSA) is 84.6 Å². The molecule has 0 saturated carbocycles. The van der Waals surface area contributed by atoms with Crippen molar-refractivity contribution in [1.29, 1.82) is 0 Å². The standard InChI is InChI=1S/C24H24N4O3S/c1-4-28(32(30,31)5-2)20-8-6-7-19(15-20)21-13-14-25-24-22(26-16-27(21)24)23(29)18-11-9-17(3)10-12-18/h6-16H,4-5H2,1-3H3. The summed E-state index contributed by atoms with van der Waals surface area (Å²) < 4.78 is 28.1. The van der Waals surface area contributed by atoms with Crippen molar-refractivity contribution in [2.45, 2.75) is 20.8 Å². The smallest absolute Gasteiger partial charge is 0.234 e. The van der Waals surface area contributed by atoms with E-state index in [-0.39, 0.29) is 17.2 Å². The van der Waals surface area contributed by atoms with Crippen molar-refractivity contribution >= 4 is 27.1 Å². The summed E-state index contributed by atoms with van der Waals surface area (Å²) >= 11 is 0. The molecule has 7 nitrogen and oxygen atoms in total. The van der Waals surface area contributed by atoms with Gasteiger partial charge >= 0.3 is 0 Å². The van der Waals surface area contributed by atoms with Crippen molar-refractivity contribution in [2.24, 2.45) is 0 Å². The predicted octanol–water partition coefficient (Wildman–Crippen LogP) is 4.11. The van der Waals surface area contributed by atoms with Crippen LogP contribution in [0.5, 0.6) is 0 Å². The van der Waals surface area contributed by atoms with E-state index in [1.165, 1.54) is 4.31 Å². The van der Waals surface area contributed by atoms with Crippen molar-refractivity contribution in [2.75, 3.05) is 16.6 Å². The maximum absolute atomic E-state index is 13.0. The molecule has 0 spiro atoms. The van der Waals surface area contributed by atoms with Gasteiger partial charge in [-0.3, -0.25) is 13.5 Å². The summed E-state index contributed by atoms with van der Waals surface area (Å²) in [7, 11) is -3.39. The molecule has 0 fully saturated rings. The molecule has 0 atom stereocenters. The number of aryl methyl sites for hydroxylation is 1. The Hall–Kier alpha value is -3.52. The number of ketones is 1. The average molecular weight is 449 g/mol. The first-order valence-corrected chi connectivity index (χ1v) is 12.0. The number of nitrogens with zero attached hydrogens (tertiary/aromatic N) is 4. The summed E-state index contributed by atoms with van der Waals surface area (Å²) in [5.74, 6) is -0.173. The highest BCUT2D eigenvalue weighted by molar-refractivity contribution is 7.92. The van der Waals surface area contributed by atoms with Gasteiger partial charge in [-0.05, 0) is 39.0 Å². The minimum atomic E-state index is -3.39. The number of hydrogen-bond donors (Lipinski definition) is 0. The number of imidazole rings is 1. The van der Waals surface area contributed by atoms with Gasteiger partial charge in [0.1, 0.15) is 6.33 Å². The molecular weight excluding hydrogens is 424 g/mol. The minimum absolute atomic E-state index is 0.0244. The van der Waals surface area contributed by atoms with E-state index in [0.29, 0.717) is 23.4 Å². The van der Waals surface area contributed by atoms with E-state index >= 15 is 0 Å². The van der Waals surface area contributed by atoms with E-state index in [1.807, 2.05) is 50.2 Å². The van der Waals surface area contributed by atoms with Gasteiger partial charge in [0, 0.05) is 23.9 Å². The second-order valence-corrected chi connectivity index (χ2v) is 9.61. The van der Waals surface area contributed by atoms with Crippen LogP contribution < -0.4 is 4.31 Å². The Kier molecular flexibility index (Phi) is 5.80. The van der Waals surface area contributed by atoms with Crippen LogP contribution in [-0.2, 0) is 10.0 Å². The largest absolute Gasteiger partial charge is 0.287 e. The van der Waals surface area contributed by atoms with Gasteiger partial charge < -0.3 is 0 Å². The zero-order valence-corrected chi connectivity index (χ0v) is 19.0. The zero-order valence-electron chi connectivity index (χ0n) is 18.2. The fraction of sp³-hybridized carbons (Fsp3) is 0.208. The Morgan fingerprint density at radius 3 is 2.47 bits per heavy atom. The van der Waals surface area contributed by atoms with Crippen LogP contribution in [0.2, 0.25) is 0 Å². The van der Waals surface area contributed by atoms with Gasteiger partial charge in [0.15, 0.2) is 11.3 Å². The second kappa shape index (κ2) is 8.55. The summed E-state index contributed by atoms with van der Waals surface area (Å²) in [4.78, 5) is 21.8. The number of aromatic nitrogens is 3. The first kappa shape index (κ1) is 21.7. The summed E-state index contributed by atoms with van der Waals surface area (Å²) in [6.45, 7) is 5.75. The number of anilines is 1. The molecule has 0 saturated heterocycles. The van der Waals surface area contributed by atoms with Crippen molar-refractivity contribution < 1.29 is 13.2 Å². The fourth-order valence-electron chi connectivity index (χ4n) is 3.65. The molecule has 0 radical (unpaired) electrons. The van der Waals surface area contributed by atoms with E-state index < -0.39 is 10.0 Å². The fourth-order valence-corrected chi connectivity index (χ4v) is 4.79. The molecule has 164 valence electrons. The lowest BCUT2D eigenvalue weighted by Crippen LogP contribution is -2.32. The summed E-state index contributed by atoms with van der Waals surface area (Å²) in [5.41, 5.74) is 4.50. The molecule has 2 heterocycles. The number of fused-ring (bicyclic) bond motifs is 1. The Balaban J connectivity index is 1.79. The number of benzene rings is 2. The minimum Gasteiger partial charge on any atom is -0.287 e. The molecule has 0 aliphatic carbocycles. The number of carbonyl (C=O) groups is 1. The van der Waals surface area contributed by atoms with E-state index in [2.05, 4.69) is 9.97 Å². The number of carbonyl (C=O) groups excluding carboxylic acids is 1. The molecule has 32 heavy (non-hydrogen) atoms. The zero-order chi connectivity index (χ0) is 22.9. The molecule has 0 unspecified atom stereocenters. The lowest BCUT2D eigenvalue weighted by atomic mass is 10.1. The lowest BCUT2D eigenvalue weighted by molar-refractivity contribution is 0.103. The SMILES string of the molecule is CCN(c1cccc(-c2ccnc3c(C(=O)c4ccc(C)cc4)ncn23)c1)S(=O)(=O)CC. The lowest BCUT2D eigenvalue weighted by Gasteiger charge is -2.22. The predicted molar refractivity (Wildman–Crippen MR) is 126 cm³/mol. The van der Waals surface area contributed by atoms with Crippen molar-refractivity contribution in [3.63, 3.8) is 0 Å². The van der Waals surface area contributed by atoms with Crippen LogP contribution in [0, 0.1) is 6.92 Å². The molecule has 0 aliphatic heterocycles. The van der Waals surface area contributed by atoms with Crippen LogP contribution in [0.4, 0.5) is 5.69 Å². The Bertz CT molecular complexity index is 1390. The summed E-state index contributed by atoms with van der Waals surface area (Å²) in [6.07, 6.45) is 3.21. The van der Waals surface area contributed by atoms with Crippen LogP contribution in [-0.4, -0.2) is 40.9 Å². The molecule has 0 amide bonds. The van der Waals surface area contributed by atoms with E-state index in [4.69, 9.17) is 0 Å². The summed E-state index contributed by atoms with van der Waals surface area (Å²) in [5, 5.41) is 0. The van der Waals surface area contributed by atoms with Gasteiger partial charge in [-0.15, -0.1) is 0 Å². The van der Waals surface area contributed by atoms with Crippen molar-refractivity contribution in [3.05, 3.63) is 83.9 Å². The number of hydrogen-bond acceptors (Lipinski definition) is 5. The molecule has 0 N–H and O–H groups in total. The first-order valence-electron chi connectivity index (χ1n) is 10.4. The highest BCUT2D eigenvalue weighted by Gasteiger charge is 2.21. The van der Waals surface area contributed by atoms with E-state index in [1.54, 1.807) is 42.0 Å². The van der Waals surface area contributed by atoms with E-state index in [9.17, 15) is 13.2 Å². The van der Waals surface area contributed by atoms with Crippen molar-refractivity contribution in [3.8, 4) is 11.3 Å². The third kappa shape index (κ3) is 3.89. The highest BCUT2D eigenvalue weighted by atomic mass is 32.2. The van der Waals surface area contributed by atoms with Gasteiger partial charge in [-0.25, -0.2) is 18.4 Å². The number of rotatable bonds is 7. The molecular formula is C24H24N4O3S. The van der Waals surface area contributed by atoms with Gasteiger partial charge in [0.25, 0.3) is 0 Å². The van der Waals surface area contributed by atoms with Gasteiger partial charge in [0.2, 0.25) is 15.8 Å². The van der Waals surface area contributed by atoms with Crippen LogP contribution in [0.1, 0.15) is 35.5 Å². The van der Waals surface area contributed by atoms with Crippen molar-refractivity contribution in [1.82, 2.24) is 14.4 Å². The van der Waals surface area contributed by atoms with Gasteiger partial charge in [-0.2, -0.15) is 0 Å². The summed E-state index contributed by atoms with van der Waals surface area (Å²) in [6, 6.07) is 16.5. The molecule has 2 aromatic heterocycles. The van der Waals surface area contributed by atoms with Crippen LogP contribution in [0.3, 0.4) is 0 Å². The molecule has 0 aliphatic rings. The maximum Gasteiger partial charge on any atom is 0.234 e. The molecule has 8 heteroatoms. The molecule has 4 aromatic rings. The Morgan fingerprint density at radius 2 is 1.78 bits per heavy atom. The second-order valence-electron chi connectivity index (χ2n) is 7.43. The Morgan fingerprint density at radius 1 is 1.03 bits per heavy atom. The van der Waals surface area contributed by atoms with Gasteiger partial charge in [0.05, 0.1) is 17.1 Å². The third-order valence-electron chi connectivity index (χ3n) is 5.38. The van der Waals surface area contributed by atoms with Crippen LogP contribution in [0.15, 0.2) is 67.1 Å². The van der Waals surface area contributed by atoms with Gasteiger partial charge in [-0.1, -0.05) is 42.0 Å². The van der Waals surface area contributed by atoms with Crippen LogP contribution >= 0.6 is 0 Å². The average Bonchev–Trinajstić information content (AvgIpc) is 3.24. The first-order chi connectivity index (χ1) is 15.4. The normalized spacial score (nSPS) is 11.6. The highest BCUT2D eigenvalue weighted by Crippen LogP contribution is 2.27. The Labute approximate surface area is 187 Å².